The van der Waals surface area contributed by atoms with Crippen LogP contribution < -0.4 is 11.1 Å². The summed E-state index contributed by atoms with van der Waals surface area (Å²) < 4.78 is 5.50. The molecule has 1 saturated carbocycles. The average molecular weight is 212 g/mol. The lowest BCUT2D eigenvalue weighted by atomic mass is 9.90. The maximum atomic E-state index is 5.92. The van der Waals surface area contributed by atoms with Crippen LogP contribution in [0.1, 0.15) is 38.5 Å². The van der Waals surface area contributed by atoms with Crippen molar-refractivity contribution in [2.75, 3.05) is 26.3 Å². The van der Waals surface area contributed by atoms with Crippen molar-refractivity contribution in [2.45, 2.75) is 44.1 Å². The Labute approximate surface area is 92.7 Å². The van der Waals surface area contributed by atoms with Crippen molar-refractivity contribution in [3.05, 3.63) is 0 Å². The van der Waals surface area contributed by atoms with E-state index < -0.39 is 0 Å². The third-order valence-corrected chi connectivity index (χ3v) is 3.81. The number of ether oxygens (including phenoxy) is 1. The van der Waals surface area contributed by atoms with Crippen molar-refractivity contribution in [1.29, 1.82) is 0 Å². The SMILES string of the molecule is NCC1(NCCC2CC2)CCCOCC1. The first-order valence-corrected chi connectivity index (χ1v) is 6.37. The van der Waals surface area contributed by atoms with Crippen molar-refractivity contribution < 1.29 is 4.74 Å². The monoisotopic (exact) mass is 212 g/mol. The molecule has 1 aliphatic heterocycles. The number of hydrogen-bond donors (Lipinski definition) is 2. The first-order chi connectivity index (χ1) is 7.35. The van der Waals surface area contributed by atoms with Gasteiger partial charge in [0.1, 0.15) is 0 Å². The second-order valence-electron chi connectivity index (χ2n) is 5.11. The van der Waals surface area contributed by atoms with E-state index in [-0.39, 0.29) is 5.54 Å². The molecular formula is C12H24N2O. The summed E-state index contributed by atoms with van der Waals surface area (Å²) in [6.07, 6.45) is 7.62. The fourth-order valence-electron chi connectivity index (χ4n) is 2.41. The molecule has 0 amide bonds. The molecule has 0 aromatic rings. The van der Waals surface area contributed by atoms with Crippen LogP contribution in [0.4, 0.5) is 0 Å². The number of rotatable bonds is 5. The first kappa shape index (κ1) is 11.4. The Morgan fingerprint density at radius 3 is 2.87 bits per heavy atom. The highest BCUT2D eigenvalue weighted by atomic mass is 16.5. The van der Waals surface area contributed by atoms with Gasteiger partial charge in [-0.05, 0) is 38.1 Å². The lowest BCUT2D eigenvalue weighted by Crippen LogP contribution is -2.51. The summed E-state index contributed by atoms with van der Waals surface area (Å²) in [4.78, 5) is 0. The number of nitrogens with two attached hydrogens (primary N) is 1. The third-order valence-electron chi connectivity index (χ3n) is 3.81. The predicted molar refractivity (Wildman–Crippen MR) is 61.8 cm³/mol. The van der Waals surface area contributed by atoms with Gasteiger partial charge in [0.05, 0.1) is 0 Å². The van der Waals surface area contributed by atoms with E-state index in [4.69, 9.17) is 10.5 Å². The molecule has 3 heteroatoms. The minimum Gasteiger partial charge on any atom is -0.381 e. The largest absolute Gasteiger partial charge is 0.381 e. The molecule has 1 aliphatic carbocycles. The van der Waals surface area contributed by atoms with E-state index in [0.717, 1.165) is 45.1 Å². The molecule has 0 aromatic heterocycles. The zero-order valence-electron chi connectivity index (χ0n) is 9.63. The molecule has 88 valence electrons. The molecule has 2 rings (SSSR count). The summed E-state index contributed by atoms with van der Waals surface area (Å²) in [7, 11) is 0. The van der Waals surface area contributed by atoms with Gasteiger partial charge < -0.3 is 15.8 Å². The molecule has 1 atom stereocenters. The van der Waals surface area contributed by atoms with Crippen LogP contribution in [-0.2, 0) is 4.74 Å². The van der Waals surface area contributed by atoms with Crippen molar-refractivity contribution in [2.24, 2.45) is 11.7 Å². The summed E-state index contributed by atoms with van der Waals surface area (Å²) in [6.45, 7) is 3.67. The molecule has 1 saturated heterocycles. The molecule has 1 unspecified atom stereocenters. The average Bonchev–Trinajstić information content (AvgIpc) is 3.05. The Hall–Kier alpha value is -0.120. The van der Waals surface area contributed by atoms with Crippen LogP contribution in [0.5, 0.6) is 0 Å². The van der Waals surface area contributed by atoms with E-state index in [1.54, 1.807) is 0 Å². The molecule has 1 heterocycles. The van der Waals surface area contributed by atoms with Gasteiger partial charge in [0.25, 0.3) is 0 Å². The second kappa shape index (κ2) is 5.28. The van der Waals surface area contributed by atoms with Crippen LogP contribution in [0.25, 0.3) is 0 Å². The van der Waals surface area contributed by atoms with E-state index in [2.05, 4.69) is 5.32 Å². The van der Waals surface area contributed by atoms with Crippen LogP contribution in [0.15, 0.2) is 0 Å². The second-order valence-corrected chi connectivity index (χ2v) is 5.11. The standard InChI is InChI=1S/C12H24N2O/c13-10-12(5-1-8-15-9-6-12)14-7-4-11-2-3-11/h11,14H,1-10,13H2. The maximum Gasteiger partial charge on any atom is 0.0484 e. The van der Waals surface area contributed by atoms with Gasteiger partial charge in [-0.1, -0.05) is 12.8 Å². The highest BCUT2D eigenvalue weighted by Gasteiger charge is 2.30. The lowest BCUT2D eigenvalue weighted by Gasteiger charge is -2.32. The van der Waals surface area contributed by atoms with E-state index in [1.165, 1.54) is 25.7 Å². The van der Waals surface area contributed by atoms with E-state index in [0.29, 0.717) is 0 Å². The quantitative estimate of drug-likeness (QED) is 0.721. The molecule has 2 fully saturated rings. The zero-order chi connectivity index (χ0) is 10.6. The fourth-order valence-corrected chi connectivity index (χ4v) is 2.41. The third kappa shape index (κ3) is 3.44. The van der Waals surface area contributed by atoms with Crippen LogP contribution in [0.3, 0.4) is 0 Å². The predicted octanol–water partition coefficient (Wildman–Crippen LogP) is 1.27. The van der Waals surface area contributed by atoms with Crippen LogP contribution in [0, 0.1) is 5.92 Å². The zero-order valence-corrected chi connectivity index (χ0v) is 9.63. The van der Waals surface area contributed by atoms with Gasteiger partial charge in [-0.3, -0.25) is 0 Å². The highest BCUT2D eigenvalue weighted by Crippen LogP contribution is 2.32. The molecule has 2 aliphatic rings. The summed E-state index contributed by atoms with van der Waals surface area (Å²) in [5.41, 5.74) is 6.09. The van der Waals surface area contributed by atoms with Crippen LogP contribution >= 0.6 is 0 Å². The molecule has 15 heavy (non-hydrogen) atoms. The molecule has 0 bridgehead atoms. The van der Waals surface area contributed by atoms with E-state index in [1.807, 2.05) is 0 Å². The smallest absolute Gasteiger partial charge is 0.0484 e. The van der Waals surface area contributed by atoms with Gasteiger partial charge in [0.2, 0.25) is 0 Å². The topological polar surface area (TPSA) is 47.3 Å². The molecule has 0 aromatic carbocycles. The van der Waals surface area contributed by atoms with Crippen molar-refractivity contribution in [1.82, 2.24) is 5.32 Å². The lowest BCUT2D eigenvalue weighted by molar-refractivity contribution is 0.137. The van der Waals surface area contributed by atoms with Gasteiger partial charge in [-0.2, -0.15) is 0 Å². The van der Waals surface area contributed by atoms with Crippen LogP contribution in [0.2, 0.25) is 0 Å². The van der Waals surface area contributed by atoms with Crippen LogP contribution in [-0.4, -0.2) is 31.8 Å². The summed E-state index contributed by atoms with van der Waals surface area (Å²) in [5, 5.41) is 3.69. The van der Waals surface area contributed by atoms with Crippen molar-refractivity contribution in [3.63, 3.8) is 0 Å². The van der Waals surface area contributed by atoms with Gasteiger partial charge in [-0.25, -0.2) is 0 Å². The van der Waals surface area contributed by atoms with Gasteiger partial charge in [-0.15, -0.1) is 0 Å². The number of nitrogens with one attached hydrogen (secondary N) is 1. The summed E-state index contributed by atoms with van der Waals surface area (Å²) in [5.74, 6) is 1.01. The molecule has 3 N–H and O–H groups in total. The highest BCUT2D eigenvalue weighted by molar-refractivity contribution is 4.90. The normalized spacial score (nSPS) is 32.6. The Balaban J connectivity index is 1.75. The summed E-state index contributed by atoms with van der Waals surface area (Å²) in [6, 6.07) is 0. The van der Waals surface area contributed by atoms with Crippen molar-refractivity contribution >= 4 is 0 Å². The Morgan fingerprint density at radius 1 is 1.27 bits per heavy atom. The van der Waals surface area contributed by atoms with E-state index >= 15 is 0 Å². The Morgan fingerprint density at radius 2 is 2.13 bits per heavy atom. The van der Waals surface area contributed by atoms with E-state index in [9.17, 15) is 0 Å². The van der Waals surface area contributed by atoms with Gasteiger partial charge in [0, 0.05) is 25.3 Å². The molecule has 0 radical (unpaired) electrons. The minimum absolute atomic E-state index is 0.172. The summed E-state index contributed by atoms with van der Waals surface area (Å²) >= 11 is 0. The Kier molecular flexibility index (Phi) is 4.00. The molecule has 3 nitrogen and oxygen atoms in total. The maximum absolute atomic E-state index is 5.92. The number of hydrogen-bond acceptors (Lipinski definition) is 3. The van der Waals surface area contributed by atoms with Gasteiger partial charge in [0.15, 0.2) is 0 Å². The molecule has 0 spiro atoms. The van der Waals surface area contributed by atoms with Crippen molar-refractivity contribution in [3.8, 4) is 0 Å². The first-order valence-electron chi connectivity index (χ1n) is 6.37. The van der Waals surface area contributed by atoms with Gasteiger partial charge >= 0.3 is 0 Å². The fraction of sp³-hybridized carbons (Fsp3) is 1.00. The Bertz CT molecular complexity index is 184. The minimum atomic E-state index is 0.172. The molecular weight excluding hydrogens is 188 g/mol.